The Kier molecular flexibility index (Phi) is 12.8. The Balaban J connectivity index is 2.89. The molecule has 0 saturated heterocycles. The van der Waals surface area contributed by atoms with E-state index in [1.807, 2.05) is 0 Å². The number of benzene rings is 1. The summed E-state index contributed by atoms with van der Waals surface area (Å²) in [6.07, 6.45) is 0.596. The van der Waals surface area contributed by atoms with Gasteiger partial charge in [-0.25, -0.2) is 4.79 Å². The molecule has 12 nitrogen and oxygen atoms in total. The van der Waals surface area contributed by atoms with Crippen LogP contribution in [0.25, 0.3) is 0 Å². The minimum atomic E-state index is -0.930. The lowest BCUT2D eigenvalue weighted by Gasteiger charge is -2.25. The van der Waals surface area contributed by atoms with Gasteiger partial charge in [-0.1, -0.05) is 26.0 Å². The monoisotopic (exact) mass is 492 g/mol. The lowest BCUT2D eigenvalue weighted by molar-refractivity contribution is -0.142. The molecule has 0 aliphatic carbocycles. The maximum atomic E-state index is 13.0. The Labute approximate surface area is 205 Å². The normalized spacial score (nSPS) is 12.3. The van der Waals surface area contributed by atoms with Gasteiger partial charge in [0.25, 0.3) is 0 Å². The average molecular weight is 493 g/mol. The smallest absolute Gasteiger partial charge is 0.312 e. The van der Waals surface area contributed by atoms with Crippen LogP contribution >= 0.6 is 0 Å². The first-order chi connectivity index (χ1) is 16.5. The molecule has 1 aromatic carbocycles. The fourth-order valence-electron chi connectivity index (χ4n) is 3.07. The highest BCUT2D eigenvalue weighted by atomic mass is 16.5. The number of carbonyl (C=O) groups excluding carboxylic acids is 5. The Hall–Kier alpha value is -3.67. The largest absolute Gasteiger partial charge is 0.461 e. The molecule has 0 heterocycles. The molecule has 35 heavy (non-hydrogen) atoms. The molecule has 1 rings (SSSR count). The number of urea groups is 1. The summed E-state index contributed by atoms with van der Waals surface area (Å²) >= 11 is 0. The zero-order valence-corrected chi connectivity index (χ0v) is 20.6. The van der Waals surface area contributed by atoms with Gasteiger partial charge in [-0.15, -0.1) is 0 Å². The Morgan fingerprint density at radius 1 is 1.00 bits per heavy atom. The minimum Gasteiger partial charge on any atom is -0.461 e. The van der Waals surface area contributed by atoms with Crippen molar-refractivity contribution >= 4 is 35.4 Å². The molecule has 0 fully saturated rings. The second-order valence-electron chi connectivity index (χ2n) is 8.28. The van der Waals surface area contributed by atoms with Crippen LogP contribution in [0, 0.1) is 5.92 Å². The highest BCUT2D eigenvalue weighted by Crippen LogP contribution is 2.12. The first-order valence-electron chi connectivity index (χ1n) is 11.3. The number of primary amides is 1. The first kappa shape index (κ1) is 29.4. The summed E-state index contributed by atoms with van der Waals surface area (Å²) in [4.78, 5) is 59.8. The van der Waals surface area contributed by atoms with E-state index < -0.39 is 35.9 Å². The maximum Gasteiger partial charge on any atom is 0.312 e. The highest BCUT2D eigenvalue weighted by molar-refractivity contribution is 5.98. The fraction of sp³-hybridized carbons (Fsp3) is 0.522. The van der Waals surface area contributed by atoms with Crippen LogP contribution in [0.2, 0.25) is 0 Å². The average Bonchev–Trinajstić information content (AvgIpc) is 2.78. The molecule has 12 heteroatoms. The van der Waals surface area contributed by atoms with Gasteiger partial charge in [0.05, 0.1) is 6.54 Å². The zero-order chi connectivity index (χ0) is 26.4. The Morgan fingerprint density at radius 2 is 1.66 bits per heavy atom. The van der Waals surface area contributed by atoms with Gasteiger partial charge in [-0.3, -0.25) is 19.2 Å². The summed E-state index contributed by atoms with van der Waals surface area (Å²) in [6, 6.07) is 4.26. The summed E-state index contributed by atoms with van der Waals surface area (Å²) in [6.45, 7) is 5.28. The second-order valence-corrected chi connectivity index (χ2v) is 8.28. The topological polar surface area (TPSA) is 181 Å². The van der Waals surface area contributed by atoms with Gasteiger partial charge in [0.15, 0.2) is 0 Å². The molecule has 2 atom stereocenters. The Morgan fingerprint density at radius 3 is 2.20 bits per heavy atom. The van der Waals surface area contributed by atoms with Crippen molar-refractivity contribution in [1.29, 1.82) is 0 Å². The summed E-state index contributed by atoms with van der Waals surface area (Å²) in [5.41, 5.74) is 6.31. The number of hydrogen-bond acceptors (Lipinski definition) is 7. The van der Waals surface area contributed by atoms with Gasteiger partial charge in [0.2, 0.25) is 17.7 Å². The number of esters is 1. The lowest BCUT2D eigenvalue weighted by atomic mass is 10.0. The van der Waals surface area contributed by atoms with Crippen LogP contribution < -0.4 is 32.3 Å². The van der Waals surface area contributed by atoms with Crippen LogP contribution in [-0.4, -0.2) is 61.9 Å². The number of nitrogens with one attached hydrogen (secondary N) is 5. The maximum absolute atomic E-state index is 13.0. The minimum absolute atomic E-state index is 0.0483. The molecule has 7 N–H and O–H groups in total. The molecule has 194 valence electrons. The summed E-state index contributed by atoms with van der Waals surface area (Å²) in [5, 5.41) is 13.3. The fourth-order valence-corrected chi connectivity index (χ4v) is 3.07. The zero-order valence-electron chi connectivity index (χ0n) is 20.6. The van der Waals surface area contributed by atoms with Gasteiger partial charge >= 0.3 is 12.0 Å². The Bertz CT molecular complexity index is 874. The van der Waals surface area contributed by atoms with E-state index in [0.717, 1.165) is 5.56 Å². The molecule has 0 unspecified atom stereocenters. The van der Waals surface area contributed by atoms with Crippen molar-refractivity contribution in [2.45, 2.75) is 52.3 Å². The second kappa shape index (κ2) is 15.3. The number of ether oxygens (including phenoxy) is 1. The van der Waals surface area contributed by atoms with Crippen LogP contribution in [0.3, 0.4) is 0 Å². The van der Waals surface area contributed by atoms with Crippen molar-refractivity contribution in [3.63, 3.8) is 0 Å². The summed E-state index contributed by atoms with van der Waals surface area (Å²) < 4.78 is 4.94. The van der Waals surface area contributed by atoms with E-state index in [1.54, 1.807) is 45.2 Å². The number of amides is 5. The van der Waals surface area contributed by atoms with Crippen LogP contribution in [0.5, 0.6) is 0 Å². The molecule has 5 amide bonds. The molecule has 0 aromatic heterocycles. The third-order valence-electron chi connectivity index (χ3n) is 4.87. The van der Waals surface area contributed by atoms with E-state index >= 15 is 0 Å². The molecule has 1 aromatic rings. The number of likely N-dealkylation sites (N-methyl/N-ethyl adjacent to an activating group) is 1. The number of rotatable bonds is 14. The van der Waals surface area contributed by atoms with Crippen molar-refractivity contribution in [2.24, 2.45) is 11.7 Å². The third-order valence-corrected chi connectivity index (χ3v) is 4.87. The number of nitrogens with two attached hydrogens (primary N) is 1. The van der Waals surface area contributed by atoms with Crippen LogP contribution in [0.15, 0.2) is 24.3 Å². The third kappa shape index (κ3) is 11.8. The van der Waals surface area contributed by atoms with E-state index in [9.17, 15) is 24.0 Å². The van der Waals surface area contributed by atoms with E-state index in [0.29, 0.717) is 12.1 Å². The molecular formula is C23H36N6O6. The quantitative estimate of drug-likeness (QED) is 0.156. The lowest BCUT2D eigenvalue weighted by Crippen LogP contribution is -2.55. The predicted octanol–water partition coefficient (Wildman–Crippen LogP) is -0.0183. The van der Waals surface area contributed by atoms with Crippen molar-refractivity contribution in [3.8, 4) is 0 Å². The van der Waals surface area contributed by atoms with Crippen molar-refractivity contribution in [2.75, 3.05) is 25.5 Å². The SMILES string of the molecule is CNCC(=O)N[C@@H](C(=O)N[C@H](CCCNC(N)=O)C(=O)Nc1ccc(COC(C)=O)cc1)C(C)C. The van der Waals surface area contributed by atoms with E-state index in [4.69, 9.17) is 10.5 Å². The van der Waals surface area contributed by atoms with Crippen LogP contribution in [-0.2, 0) is 30.5 Å². The molecule has 0 aliphatic heterocycles. The highest BCUT2D eigenvalue weighted by Gasteiger charge is 2.28. The van der Waals surface area contributed by atoms with E-state index in [-0.39, 0.29) is 37.9 Å². The number of carbonyl (C=O) groups is 5. The van der Waals surface area contributed by atoms with Gasteiger partial charge < -0.3 is 37.1 Å². The van der Waals surface area contributed by atoms with Gasteiger partial charge in [-0.2, -0.15) is 0 Å². The van der Waals surface area contributed by atoms with E-state index in [2.05, 4.69) is 26.6 Å². The molecule has 0 bridgehead atoms. The molecular weight excluding hydrogens is 456 g/mol. The number of anilines is 1. The summed E-state index contributed by atoms with van der Waals surface area (Å²) in [7, 11) is 1.62. The van der Waals surface area contributed by atoms with E-state index in [1.165, 1.54) is 6.92 Å². The molecule has 0 radical (unpaired) electrons. The van der Waals surface area contributed by atoms with Gasteiger partial charge in [0, 0.05) is 19.2 Å². The van der Waals surface area contributed by atoms with Crippen molar-refractivity contribution < 1.29 is 28.7 Å². The molecule has 0 saturated carbocycles. The molecule has 0 spiro atoms. The van der Waals surface area contributed by atoms with Crippen LogP contribution in [0.4, 0.5) is 10.5 Å². The molecule has 0 aliphatic rings. The first-order valence-corrected chi connectivity index (χ1v) is 11.3. The van der Waals surface area contributed by atoms with Crippen molar-refractivity contribution in [3.05, 3.63) is 29.8 Å². The summed E-state index contributed by atoms with van der Waals surface area (Å²) in [5.74, 6) is -1.92. The van der Waals surface area contributed by atoms with Gasteiger partial charge in [0.1, 0.15) is 18.7 Å². The van der Waals surface area contributed by atoms with Crippen molar-refractivity contribution in [1.82, 2.24) is 21.3 Å². The number of hydrogen-bond donors (Lipinski definition) is 6. The standard InChI is InChI=1S/C23H36N6O6/c1-14(2)20(29-19(31)12-25-4)22(33)28-18(6-5-11-26-23(24)34)21(32)27-17-9-7-16(8-10-17)13-35-15(3)30/h7-10,14,18,20,25H,5-6,11-13H2,1-4H3,(H,27,32)(H,28,33)(H,29,31)(H3,24,26,34)/t18-,20-/m1/s1. The predicted molar refractivity (Wildman–Crippen MR) is 130 cm³/mol. The van der Waals surface area contributed by atoms with Crippen LogP contribution in [0.1, 0.15) is 39.2 Å². The van der Waals surface area contributed by atoms with Gasteiger partial charge in [-0.05, 0) is 43.5 Å².